The largest absolute Gasteiger partial charge is 0.497 e. The molecule has 0 heterocycles. The summed E-state index contributed by atoms with van der Waals surface area (Å²) in [4.78, 5) is 16.2. The maximum Gasteiger partial charge on any atom is 0.239 e. The van der Waals surface area contributed by atoms with Gasteiger partial charge in [-0.25, -0.2) is 0 Å². The topological polar surface area (TPSA) is 74.8 Å². The number of guanidine groups is 1. The zero-order chi connectivity index (χ0) is 17.2. The second kappa shape index (κ2) is 9.80. The Morgan fingerprint density at radius 2 is 1.88 bits per heavy atom. The summed E-state index contributed by atoms with van der Waals surface area (Å²) in [7, 11) is 3.37. The Morgan fingerprint density at radius 1 is 1.17 bits per heavy atom. The van der Waals surface area contributed by atoms with Gasteiger partial charge in [0.2, 0.25) is 5.91 Å². The van der Waals surface area contributed by atoms with Gasteiger partial charge in [0.25, 0.3) is 0 Å². The summed E-state index contributed by atoms with van der Waals surface area (Å²) in [5.41, 5.74) is 1.04. The van der Waals surface area contributed by atoms with Crippen molar-refractivity contribution in [3.8, 4) is 5.75 Å². The smallest absolute Gasteiger partial charge is 0.239 e. The van der Waals surface area contributed by atoms with Crippen LogP contribution >= 0.6 is 0 Å². The molecule has 0 aromatic heterocycles. The molecule has 2 rings (SSSR count). The van der Waals surface area contributed by atoms with Crippen molar-refractivity contribution < 1.29 is 9.53 Å². The lowest BCUT2D eigenvalue weighted by Crippen LogP contribution is -2.47. The molecule has 132 valence electrons. The van der Waals surface area contributed by atoms with Crippen molar-refractivity contribution >= 4 is 11.9 Å². The van der Waals surface area contributed by atoms with Gasteiger partial charge in [-0.05, 0) is 30.5 Å². The average Bonchev–Trinajstić information content (AvgIpc) is 2.64. The summed E-state index contributed by atoms with van der Waals surface area (Å²) >= 11 is 0. The predicted octanol–water partition coefficient (Wildman–Crippen LogP) is 1.81. The lowest BCUT2D eigenvalue weighted by atomic mass is 9.96. The zero-order valence-electron chi connectivity index (χ0n) is 14.6. The number of nitrogens with one attached hydrogen (secondary N) is 3. The molecule has 0 bridgehead atoms. The minimum atomic E-state index is -0.0580. The van der Waals surface area contributed by atoms with Crippen LogP contribution in [0.4, 0.5) is 0 Å². The van der Waals surface area contributed by atoms with E-state index in [0.29, 0.717) is 18.5 Å². The normalized spacial score (nSPS) is 15.7. The Hall–Kier alpha value is -2.24. The molecule has 0 unspecified atom stereocenters. The van der Waals surface area contributed by atoms with Crippen molar-refractivity contribution in [1.82, 2.24) is 16.0 Å². The van der Waals surface area contributed by atoms with E-state index in [0.717, 1.165) is 11.3 Å². The molecule has 1 amide bonds. The lowest BCUT2D eigenvalue weighted by Gasteiger charge is -2.24. The standard InChI is InChI=1S/C18H28N4O2/c1-19-18(22-15-6-4-3-5-7-15)21-13-17(23)20-12-14-8-10-16(24-2)11-9-14/h8-11,15H,3-7,12-13H2,1-2H3,(H,20,23)(H2,19,21,22). The highest BCUT2D eigenvalue weighted by Crippen LogP contribution is 2.17. The first kappa shape index (κ1) is 18.1. The predicted molar refractivity (Wildman–Crippen MR) is 96.2 cm³/mol. The lowest BCUT2D eigenvalue weighted by molar-refractivity contribution is -0.120. The summed E-state index contributed by atoms with van der Waals surface area (Å²) in [6.45, 7) is 0.710. The van der Waals surface area contributed by atoms with E-state index in [-0.39, 0.29) is 12.5 Å². The van der Waals surface area contributed by atoms with Crippen LogP contribution in [-0.4, -0.2) is 38.6 Å². The molecule has 1 saturated carbocycles. The van der Waals surface area contributed by atoms with Crippen molar-refractivity contribution in [1.29, 1.82) is 0 Å². The van der Waals surface area contributed by atoms with Crippen LogP contribution in [0.1, 0.15) is 37.7 Å². The van der Waals surface area contributed by atoms with Gasteiger partial charge in [-0.1, -0.05) is 31.4 Å². The molecule has 0 spiro atoms. The highest BCUT2D eigenvalue weighted by Gasteiger charge is 2.14. The molecule has 0 saturated heterocycles. The number of carbonyl (C=O) groups is 1. The van der Waals surface area contributed by atoms with E-state index in [1.807, 2.05) is 24.3 Å². The first-order chi connectivity index (χ1) is 11.7. The molecule has 24 heavy (non-hydrogen) atoms. The number of rotatable bonds is 6. The van der Waals surface area contributed by atoms with E-state index >= 15 is 0 Å². The van der Waals surface area contributed by atoms with Gasteiger partial charge in [0.15, 0.2) is 5.96 Å². The minimum Gasteiger partial charge on any atom is -0.497 e. The van der Waals surface area contributed by atoms with E-state index in [1.165, 1.54) is 32.1 Å². The number of amides is 1. The van der Waals surface area contributed by atoms with Crippen LogP contribution in [0, 0.1) is 0 Å². The van der Waals surface area contributed by atoms with E-state index in [9.17, 15) is 4.79 Å². The van der Waals surface area contributed by atoms with Crippen LogP contribution in [0.15, 0.2) is 29.3 Å². The molecule has 0 aliphatic heterocycles. The quantitative estimate of drug-likeness (QED) is 0.549. The van der Waals surface area contributed by atoms with Crippen molar-refractivity contribution in [2.24, 2.45) is 4.99 Å². The summed E-state index contributed by atoms with van der Waals surface area (Å²) in [6.07, 6.45) is 6.18. The van der Waals surface area contributed by atoms with Gasteiger partial charge in [0, 0.05) is 19.6 Å². The number of aliphatic imine (C=N–C) groups is 1. The van der Waals surface area contributed by atoms with Crippen LogP contribution in [0.3, 0.4) is 0 Å². The van der Waals surface area contributed by atoms with Gasteiger partial charge in [-0.3, -0.25) is 9.79 Å². The summed E-state index contributed by atoms with van der Waals surface area (Å²) in [5, 5.41) is 9.36. The second-order valence-electron chi connectivity index (χ2n) is 6.03. The number of benzene rings is 1. The molecule has 1 aliphatic carbocycles. The third-order valence-electron chi connectivity index (χ3n) is 4.23. The second-order valence-corrected chi connectivity index (χ2v) is 6.03. The maximum absolute atomic E-state index is 12.0. The third kappa shape index (κ3) is 6.10. The van der Waals surface area contributed by atoms with Crippen molar-refractivity contribution in [3.63, 3.8) is 0 Å². The number of ether oxygens (including phenoxy) is 1. The van der Waals surface area contributed by atoms with Gasteiger partial charge in [0.1, 0.15) is 5.75 Å². The Labute approximate surface area is 144 Å². The monoisotopic (exact) mass is 332 g/mol. The van der Waals surface area contributed by atoms with Crippen LogP contribution in [0.25, 0.3) is 0 Å². The number of methoxy groups -OCH3 is 1. The van der Waals surface area contributed by atoms with Crippen LogP contribution < -0.4 is 20.7 Å². The van der Waals surface area contributed by atoms with Gasteiger partial charge in [-0.15, -0.1) is 0 Å². The third-order valence-corrected chi connectivity index (χ3v) is 4.23. The number of carbonyl (C=O) groups excluding carboxylic acids is 1. The summed E-state index contributed by atoms with van der Waals surface area (Å²) in [5.74, 6) is 1.45. The Kier molecular flexibility index (Phi) is 7.39. The fraction of sp³-hybridized carbons (Fsp3) is 0.556. The molecule has 0 radical (unpaired) electrons. The van der Waals surface area contributed by atoms with E-state index in [2.05, 4.69) is 20.9 Å². The van der Waals surface area contributed by atoms with Gasteiger partial charge >= 0.3 is 0 Å². The molecule has 0 atom stereocenters. The van der Waals surface area contributed by atoms with Gasteiger partial charge in [0.05, 0.1) is 13.7 Å². The Bertz CT molecular complexity index is 536. The molecular formula is C18H28N4O2. The maximum atomic E-state index is 12.0. The van der Waals surface area contributed by atoms with Gasteiger partial charge in [-0.2, -0.15) is 0 Å². The molecule has 1 aromatic carbocycles. The summed E-state index contributed by atoms with van der Waals surface area (Å²) in [6, 6.07) is 8.12. The zero-order valence-corrected chi connectivity index (χ0v) is 14.6. The molecule has 1 aliphatic rings. The summed E-state index contributed by atoms with van der Waals surface area (Å²) < 4.78 is 5.12. The fourth-order valence-corrected chi connectivity index (χ4v) is 2.81. The molecule has 3 N–H and O–H groups in total. The SMILES string of the molecule is CN=C(NCC(=O)NCc1ccc(OC)cc1)NC1CCCCC1. The first-order valence-electron chi connectivity index (χ1n) is 8.58. The number of nitrogens with zero attached hydrogens (tertiary/aromatic N) is 1. The van der Waals surface area contributed by atoms with Crippen LogP contribution in [0.2, 0.25) is 0 Å². The Balaban J connectivity index is 1.68. The highest BCUT2D eigenvalue weighted by molar-refractivity contribution is 5.86. The van der Waals surface area contributed by atoms with E-state index in [1.54, 1.807) is 14.2 Å². The molecule has 1 fully saturated rings. The minimum absolute atomic E-state index is 0.0580. The van der Waals surface area contributed by atoms with Gasteiger partial charge < -0.3 is 20.7 Å². The van der Waals surface area contributed by atoms with Crippen molar-refractivity contribution in [2.75, 3.05) is 20.7 Å². The number of hydrogen-bond acceptors (Lipinski definition) is 3. The van der Waals surface area contributed by atoms with Crippen LogP contribution in [0.5, 0.6) is 5.75 Å². The van der Waals surface area contributed by atoms with E-state index < -0.39 is 0 Å². The molecule has 6 heteroatoms. The molecule has 6 nitrogen and oxygen atoms in total. The van der Waals surface area contributed by atoms with Crippen molar-refractivity contribution in [2.45, 2.75) is 44.7 Å². The van der Waals surface area contributed by atoms with Crippen LogP contribution in [-0.2, 0) is 11.3 Å². The molecular weight excluding hydrogens is 304 g/mol. The molecule has 1 aromatic rings. The highest BCUT2D eigenvalue weighted by atomic mass is 16.5. The fourth-order valence-electron chi connectivity index (χ4n) is 2.81. The van der Waals surface area contributed by atoms with E-state index in [4.69, 9.17) is 4.74 Å². The average molecular weight is 332 g/mol. The van der Waals surface area contributed by atoms with Crippen molar-refractivity contribution in [3.05, 3.63) is 29.8 Å². The number of hydrogen-bond donors (Lipinski definition) is 3. The Morgan fingerprint density at radius 3 is 2.50 bits per heavy atom. The first-order valence-corrected chi connectivity index (χ1v) is 8.58.